The highest BCUT2D eigenvalue weighted by Crippen LogP contribution is 2.43. The van der Waals surface area contributed by atoms with Crippen LogP contribution in [0.3, 0.4) is 0 Å². The molecule has 1 heterocycles. The van der Waals surface area contributed by atoms with Crippen molar-refractivity contribution in [3.05, 3.63) is 58.9 Å². The maximum absolute atomic E-state index is 14.8. The summed E-state index contributed by atoms with van der Waals surface area (Å²) in [4.78, 5) is 16.6. The molecule has 1 unspecified atom stereocenters. The lowest BCUT2D eigenvalue weighted by molar-refractivity contribution is 0.0955. The topological polar surface area (TPSA) is 47.9 Å². The minimum atomic E-state index is -0.343. The second-order valence-corrected chi connectivity index (χ2v) is 8.74. The highest BCUT2D eigenvalue weighted by atomic mass is 19.1. The molecule has 5 nitrogen and oxygen atoms in total. The first-order valence-electron chi connectivity index (χ1n) is 10.4. The van der Waals surface area contributed by atoms with Crippen LogP contribution in [0.2, 0.25) is 0 Å². The third-order valence-electron chi connectivity index (χ3n) is 5.81. The highest BCUT2D eigenvalue weighted by molar-refractivity contribution is 5.95. The molecule has 1 atom stereocenters. The van der Waals surface area contributed by atoms with E-state index in [1.807, 2.05) is 37.2 Å². The van der Waals surface area contributed by atoms with Crippen LogP contribution in [-0.2, 0) is 0 Å². The number of rotatable bonds is 5. The Hall–Kier alpha value is -2.89. The molecule has 0 spiro atoms. The van der Waals surface area contributed by atoms with Gasteiger partial charge >= 0.3 is 0 Å². The maximum atomic E-state index is 14.8. The molecule has 6 heteroatoms. The van der Waals surface area contributed by atoms with Crippen LogP contribution < -0.4 is 15.2 Å². The van der Waals surface area contributed by atoms with Gasteiger partial charge in [0, 0.05) is 48.7 Å². The number of hydrogen-bond donors (Lipinski definition) is 1. The van der Waals surface area contributed by atoms with Gasteiger partial charge in [0.1, 0.15) is 5.82 Å². The molecular formula is C24H31FN4O. The summed E-state index contributed by atoms with van der Waals surface area (Å²) in [6.07, 6.45) is 2.38. The third kappa shape index (κ3) is 4.32. The van der Waals surface area contributed by atoms with Gasteiger partial charge in [0.05, 0.1) is 6.21 Å². The Bertz CT molecular complexity index is 968. The highest BCUT2D eigenvalue weighted by Gasteiger charge is 2.36. The largest absolute Gasteiger partial charge is 0.378 e. The van der Waals surface area contributed by atoms with Gasteiger partial charge in [0.25, 0.3) is 5.91 Å². The van der Waals surface area contributed by atoms with Gasteiger partial charge in [-0.1, -0.05) is 13.0 Å². The van der Waals surface area contributed by atoms with Crippen molar-refractivity contribution in [3.8, 4) is 0 Å². The Morgan fingerprint density at radius 3 is 2.73 bits per heavy atom. The van der Waals surface area contributed by atoms with Crippen LogP contribution >= 0.6 is 0 Å². The lowest BCUT2D eigenvalue weighted by atomic mass is 9.79. The third-order valence-corrected chi connectivity index (χ3v) is 5.81. The summed E-state index contributed by atoms with van der Waals surface area (Å²) in [7, 11) is 3.83. The summed E-state index contributed by atoms with van der Waals surface area (Å²) in [5.74, 6) is -0.362. The molecule has 2 aromatic carbocycles. The molecular weight excluding hydrogens is 379 g/mol. The number of carbonyl (C=O) groups excluding carboxylic acids is 1. The SMILES string of the molecule is CCN1c2cc(F)c(/C=N\NC(=O)c3cccc(N(C)C)c3)cc2C(C)CC1(C)C. The van der Waals surface area contributed by atoms with Crippen LogP contribution in [0.5, 0.6) is 0 Å². The van der Waals surface area contributed by atoms with Gasteiger partial charge in [-0.2, -0.15) is 5.10 Å². The van der Waals surface area contributed by atoms with Crippen molar-refractivity contribution in [2.75, 3.05) is 30.4 Å². The normalized spacial score (nSPS) is 17.7. The van der Waals surface area contributed by atoms with E-state index in [2.05, 4.69) is 43.1 Å². The van der Waals surface area contributed by atoms with E-state index in [0.29, 0.717) is 17.0 Å². The van der Waals surface area contributed by atoms with Gasteiger partial charge in [0.2, 0.25) is 0 Å². The average molecular weight is 411 g/mol. The molecule has 0 saturated carbocycles. The van der Waals surface area contributed by atoms with Gasteiger partial charge in [-0.3, -0.25) is 4.79 Å². The van der Waals surface area contributed by atoms with Crippen LogP contribution in [0.25, 0.3) is 0 Å². The Morgan fingerprint density at radius 1 is 1.33 bits per heavy atom. The van der Waals surface area contributed by atoms with Crippen LogP contribution in [0.4, 0.5) is 15.8 Å². The maximum Gasteiger partial charge on any atom is 0.271 e. The van der Waals surface area contributed by atoms with Crippen LogP contribution in [0, 0.1) is 5.82 Å². The van der Waals surface area contributed by atoms with Crippen molar-refractivity contribution < 1.29 is 9.18 Å². The number of carbonyl (C=O) groups is 1. The fourth-order valence-corrected chi connectivity index (χ4v) is 4.37. The monoisotopic (exact) mass is 410 g/mol. The Kier molecular flexibility index (Phi) is 6.15. The smallest absolute Gasteiger partial charge is 0.271 e. The Morgan fingerprint density at radius 2 is 2.07 bits per heavy atom. The Balaban J connectivity index is 1.81. The fourth-order valence-electron chi connectivity index (χ4n) is 4.37. The molecule has 1 N–H and O–H groups in total. The number of fused-ring (bicyclic) bond motifs is 1. The quantitative estimate of drug-likeness (QED) is 0.571. The van der Waals surface area contributed by atoms with E-state index in [1.165, 1.54) is 6.21 Å². The van der Waals surface area contributed by atoms with Gasteiger partial charge in [0.15, 0.2) is 0 Å². The van der Waals surface area contributed by atoms with E-state index in [-0.39, 0.29) is 17.3 Å². The van der Waals surface area contributed by atoms with E-state index >= 15 is 0 Å². The van der Waals surface area contributed by atoms with Crippen molar-refractivity contribution in [2.24, 2.45) is 5.10 Å². The van der Waals surface area contributed by atoms with Crippen molar-refractivity contribution >= 4 is 23.5 Å². The van der Waals surface area contributed by atoms with Gasteiger partial charge < -0.3 is 9.80 Å². The number of amides is 1. The van der Waals surface area contributed by atoms with E-state index in [0.717, 1.165) is 29.9 Å². The number of halogens is 1. The van der Waals surface area contributed by atoms with Crippen LogP contribution in [0.15, 0.2) is 41.5 Å². The summed E-state index contributed by atoms with van der Waals surface area (Å²) in [5.41, 5.74) is 6.34. The molecule has 2 aromatic rings. The standard InChI is InChI=1S/C24H31FN4O/c1-7-29-22-13-21(25)18(12-20(22)16(2)14-24(29,3)4)15-26-27-23(30)17-9-8-10-19(11-17)28(5)6/h8-13,15-16H,7,14H2,1-6H3,(H,27,30)/b26-15-. The molecule has 0 aromatic heterocycles. The Labute approximate surface area is 178 Å². The number of benzene rings is 2. The molecule has 0 fully saturated rings. The molecule has 1 aliphatic rings. The van der Waals surface area contributed by atoms with E-state index in [1.54, 1.807) is 18.2 Å². The van der Waals surface area contributed by atoms with Gasteiger partial charge in [-0.05, 0) is 69.0 Å². The zero-order valence-electron chi connectivity index (χ0n) is 18.7. The van der Waals surface area contributed by atoms with E-state index in [4.69, 9.17) is 0 Å². The lowest BCUT2D eigenvalue weighted by Crippen LogP contribution is -2.48. The summed E-state index contributed by atoms with van der Waals surface area (Å²) in [5, 5.41) is 4.00. The summed E-state index contributed by atoms with van der Waals surface area (Å²) < 4.78 is 14.8. The van der Waals surface area contributed by atoms with Crippen molar-refractivity contribution in [3.63, 3.8) is 0 Å². The fraction of sp³-hybridized carbons (Fsp3) is 0.417. The minimum absolute atomic E-state index is 0.0156. The van der Waals surface area contributed by atoms with E-state index in [9.17, 15) is 9.18 Å². The van der Waals surface area contributed by atoms with Gasteiger partial charge in [-0.15, -0.1) is 0 Å². The molecule has 0 radical (unpaired) electrons. The van der Waals surface area contributed by atoms with Crippen molar-refractivity contribution in [1.82, 2.24) is 5.43 Å². The minimum Gasteiger partial charge on any atom is -0.378 e. The molecule has 0 bridgehead atoms. The van der Waals surface area contributed by atoms with Gasteiger partial charge in [-0.25, -0.2) is 9.82 Å². The summed E-state index contributed by atoms with van der Waals surface area (Å²) >= 11 is 0. The predicted octanol–water partition coefficient (Wildman–Crippen LogP) is 4.77. The van der Waals surface area contributed by atoms with Crippen molar-refractivity contribution in [1.29, 1.82) is 0 Å². The predicted molar refractivity (Wildman–Crippen MR) is 122 cm³/mol. The molecule has 0 saturated heterocycles. The number of nitrogens with zero attached hydrogens (tertiary/aromatic N) is 3. The second kappa shape index (κ2) is 8.46. The molecule has 3 rings (SSSR count). The zero-order valence-corrected chi connectivity index (χ0v) is 18.7. The summed E-state index contributed by atoms with van der Waals surface area (Å²) in [6.45, 7) is 9.48. The number of anilines is 2. The number of hydrogen-bond acceptors (Lipinski definition) is 4. The average Bonchev–Trinajstić information content (AvgIpc) is 2.68. The first-order valence-corrected chi connectivity index (χ1v) is 10.4. The zero-order chi connectivity index (χ0) is 22.1. The first-order chi connectivity index (χ1) is 14.1. The van der Waals surface area contributed by atoms with Crippen molar-refractivity contribution in [2.45, 2.75) is 45.6 Å². The molecule has 0 aliphatic carbocycles. The van der Waals surface area contributed by atoms with Crippen LogP contribution in [-0.4, -0.2) is 38.3 Å². The lowest BCUT2D eigenvalue weighted by Gasteiger charge is -2.47. The molecule has 160 valence electrons. The van der Waals surface area contributed by atoms with Crippen LogP contribution in [0.1, 0.15) is 61.5 Å². The van der Waals surface area contributed by atoms with E-state index < -0.39 is 0 Å². The second-order valence-electron chi connectivity index (χ2n) is 8.74. The summed E-state index contributed by atoms with van der Waals surface area (Å²) in [6, 6.07) is 10.7. The number of hydrazone groups is 1. The number of nitrogens with one attached hydrogen (secondary N) is 1. The molecule has 1 amide bonds. The molecule has 1 aliphatic heterocycles. The molecule has 30 heavy (non-hydrogen) atoms. The first kappa shape index (κ1) is 21.8.